The lowest BCUT2D eigenvalue weighted by atomic mass is 9.91. The summed E-state index contributed by atoms with van der Waals surface area (Å²) in [6.45, 7) is 19.1. The molecular formula is C33H46N4O5SSi. The number of nitrogens with one attached hydrogen (secondary N) is 1. The van der Waals surface area contributed by atoms with Gasteiger partial charge in [0.1, 0.15) is 24.0 Å². The van der Waals surface area contributed by atoms with Crippen molar-refractivity contribution in [2.75, 3.05) is 6.54 Å². The van der Waals surface area contributed by atoms with Gasteiger partial charge in [0.05, 0.1) is 33.9 Å². The Labute approximate surface area is 265 Å². The molecule has 9 nitrogen and oxygen atoms in total. The highest BCUT2D eigenvalue weighted by molar-refractivity contribution is 7.13. The van der Waals surface area contributed by atoms with Crippen LogP contribution in [0.15, 0.2) is 40.4 Å². The fourth-order valence-electron chi connectivity index (χ4n) is 5.43. The molecule has 4 rings (SSSR count). The summed E-state index contributed by atoms with van der Waals surface area (Å²) in [4.78, 5) is 46.4. The smallest absolute Gasteiger partial charge is 0.243 e. The number of hydrogen-bond acceptors (Lipinski definition) is 8. The molecule has 2 amide bonds. The highest BCUT2D eigenvalue weighted by Crippen LogP contribution is 2.40. The average molecular weight is 639 g/mol. The first-order valence-electron chi connectivity index (χ1n) is 15.3. The second-order valence-corrected chi connectivity index (χ2v) is 19.3. The number of thiazole rings is 1. The van der Waals surface area contributed by atoms with Crippen LogP contribution in [0.5, 0.6) is 0 Å². The van der Waals surface area contributed by atoms with Gasteiger partial charge >= 0.3 is 0 Å². The summed E-state index contributed by atoms with van der Waals surface area (Å²) in [5.41, 5.74) is 5.38. The first-order chi connectivity index (χ1) is 20.6. The molecule has 0 spiro atoms. The van der Waals surface area contributed by atoms with Crippen LogP contribution in [0.4, 0.5) is 0 Å². The van der Waals surface area contributed by atoms with E-state index in [-0.39, 0.29) is 41.3 Å². The number of rotatable bonds is 11. The molecule has 1 aromatic carbocycles. The zero-order valence-corrected chi connectivity index (χ0v) is 29.2. The molecule has 4 atom stereocenters. The maximum absolute atomic E-state index is 14.3. The van der Waals surface area contributed by atoms with Crippen molar-refractivity contribution in [2.45, 2.75) is 104 Å². The fourth-order valence-corrected chi connectivity index (χ4v) is 7.60. The number of benzene rings is 1. The number of nitrogens with zero attached hydrogens (tertiary/aromatic N) is 3. The van der Waals surface area contributed by atoms with E-state index in [1.807, 2.05) is 45.3 Å². The fraction of sp³-hybridized carbons (Fsp3) is 0.545. The normalized spacial score (nSPS) is 18.8. The van der Waals surface area contributed by atoms with Gasteiger partial charge in [-0.3, -0.25) is 9.59 Å². The molecular weight excluding hydrogens is 593 g/mol. The number of aryl methyl sites for hydroxylation is 1. The van der Waals surface area contributed by atoms with E-state index < -0.39 is 20.3 Å². The first kappa shape index (κ1) is 33.7. The van der Waals surface area contributed by atoms with E-state index in [2.05, 4.69) is 61.5 Å². The van der Waals surface area contributed by atoms with Crippen molar-refractivity contribution < 1.29 is 23.3 Å². The molecule has 2 aromatic heterocycles. The minimum absolute atomic E-state index is 0.0180. The molecule has 1 fully saturated rings. The SMILES string of the molecule is Cc1ncsc1-c1ccc([C@H](C)NC(=O)[C@@H]2CC(O[Si](C)(C)C(C)(C)C)CN2C(=O)C(c2cc(CC=O)no2)C(C)C)cc1. The van der Waals surface area contributed by atoms with Gasteiger partial charge in [0.15, 0.2) is 8.32 Å². The quantitative estimate of drug-likeness (QED) is 0.189. The van der Waals surface area contributed by atoms with Crippen LogP contribution in [0.25, 0.3) is 10.4 Å². The van der Waals surface area contributed by atoms with Crippen molar-refractivity contribution in [2.24, 2.45) is 5.92 Å². The van der Waals surface area contributed by atoms with Crippen LogP contribution in [-0.2, 0) is 25.2 Å². The minimum atomic E-state index is -2.17. The van der Waals surface area contributed by atoms with Gasteiger partial charge in [-0.1, -0.05) is 64.0 Å². The van der Waals surface area contributed by atoms with Gasteiger partial charge in [0.2, 0.25) is 11.8 Å². The molecule has 0 aliphatic carbocycles. The van der Waals surface area contributed by atoms with Gasteiger partial charge in [0.25, 0.3) is 0 Å². The van der Waals surface area contributed by atoms with Gasteiger partial charge in [-0.2, -0.15) is 0 Å². The largest absolute Gasteiger partial charge is 0.412 e. The Kier molecular flexibility index (Phi) is 10.3. The van der Waals surface area contributed by atoms with Crippen molar-refractivity contribution in [1.29, 1.82) is 0 Å². The third-order valence-corrected chi connectivity index (χ3v) is 14.5. The number of amides is 2. The van der Waals surface area contributed by atoms with E-state index in [1.165, 1.54) is 0 Å². The van der Waals surface area contributed by atoms with E-state index in [1.54, 1.807) is 22.3 Å². The molecule has 1 N–H and O–H groups in total. The third kappa shape index (κ3) is 7.38. The Hall–Kier alpha value is -3.15. The molecule has 44 heavy (non-hydrogen) atoms. The van der Waals surface area contributed by atoms with E-state index in [4.69, 9.17) is 8.95 Å². The molecule has 1 aliphatic rings. The lowest BCUT2D eigenvalue weighted by Crippen LogP contribution is -2.48. The van der Waals surface area contributed by atoms with Crippen molar-refractivity contribution in [3.05, 3.63) is 58.6 Å². The van der Waals surface area contributed by atoms with Crippen LogP contribution >= 0.6 is 11.3 Å². The lowest BCUT2D eigenvalue weighted by molar-refractivity contribution is -0.141. The summed E-state index contributed by atoms with van der Waals surface area (Å²) in [5, 5.41) is 7.14. The van der Waals surface area contributed by atoms with E-state index >= 15 is 0 Å². The number of likely N-dealkylation sites (tertiary alicyclic amines) is 1. The second-order valence-electron chi connectivity index (χ2n) is 13.7. The molecule has 3 heterocycles. The monoisotopic (exact) mass is 638 g/mol. The van der Waals surface area contributed by atoms with Crippen LogP contribution in [0.1, 0.15) is 82.6 Å². The standard InChI is InChI=1S/C33H46N4O5SSi/c1-20(2)29(28-16-25(14-15-38)36-41-28)32(40)37-18-26(42-44(8,9)33(5,6)7)17-27(37)31(39)35-21(3)23-10-12-24(13-11-23)30-22(4)34-19-43-30/h10-13,15-16,19-21,26-27,29H,14,17-18H2,1-9H3,(H,35,39)/t21-,26?,27-,29?/m0/s1. The van der Waals surface area contributed by atoms with Crippen LogP contribution in [0.2, 0.25) is 18.1 Å². The summed E-state index contributed by atoms with van der Waals surface area (Å²) in [5.74, 6) is -0.781. The Morgan fingerprint density at radius 1 is 1.20 bits per heavy atom. The van der Waals surface area contributed by atoms with Crippen LogP contribution in [-0.4, -0.2) is 60.1 Å². The summed E-state index contributed by atoms with van der Waals surface area (Å²) >= 11 is 1.61. The first-order valence-corrected chi connectivity index (χ1v) is 19.1. The van der Waals surface area contributed by atoms with Crippen molar-refractivity contribution in [3.8, 4) is 10.4 Å². The molecule has 3 aromatic rings. The molecule has 2 unspecified atom stereocenters. The summed E-state index contributed by atoms with van der Waals surface area (Å²) in [6.07, 6.45) is 1.02. The summed E-state index contributed by atoms with van der Waals surface area (Å²) < 4.78 is 12.3. The molecule has 1 aliphatic heterocycles. The number of aldehydes is 1. The van der Waals surface area contributed by atoms with Crippen LogP contribution in [0, 0.1) is 12.8 Å². The van der Waals surface area contributed by atoms with Crippen molar-refractivity contribution >= 4 is 37.8 Å². The van der Waals surface area contributed by atoms with Crippen LogP contribution in [0.3, 0.4) is 0 Å². The Morgan fingerprint density at radius 2 is 1.89 bits per heavy atom. The molecule has 238 valence electrons. The third-order valence-electron chi connectivity index (χ3n) is 9.00. The van der Waals surface area contributed by atoms with E-state index in [0.29, 0.717) is 24.4 Å². The van der Waals surface area contributed by atoms with Gasteiger partial charge in [0, 0.05) is 25.5 Å². The lowest BCUT2D eigenvalue weighted by Gasteiger charge is -2.38. The van der Waals surface area contributed by atoms with Crippen molar-refractivity contribution in [1.82, 2.24) is 20.4 Å². The highest BCUT2D eigenvalue weighted by atomic mass is 32.1. The summed E-state index contributed by atoms with van der Waals surface area (Å²) in [6, 6.07) is 8.86. The number of carbonyl (C=O) groups excluding carboxylic acids is 3. The van der Waals surface area contributed by atoms with Crippen LogP contribution < -0.4 is 5.32 Å². The maximum Gasteiger partial charge on any atom is 0.243 e. The number of carbonyl (C=O) groups is 3. The molecule has 0 radical (unpaired) electrons. The minimum Gasteiger partial charge on any atom is -0.412 e. The summed E-state index contributed by atoms with van der Waals surface area (Å²) in [7, 11) is -2.17. The van der Waals surface area contributed by atoms with Gasteiger partial charge in [-0.15, -0.1) is 11.3 Å². The van der Waals surface area contributed by atoms with E-state index in [0.717, 1.165) is 28.0 Å². The van der Waals surface area contributed by atoms with Gasteiger partial charge < -0.3 is 24.0 Å². The average Bonchev–Trinajstić information content (AvgIpc) is 3.68. The second kappa shape index (κ2) is 13.5. The highest BCUT2D eigenvalue weighted by Gasteiger charge is 2.47. The molecule has 0 bridgehead atoms. The van der Waals surface area contributed by atoms with Crippen molar-refractivity contribution in [3.63, 3.8) is 0 Å². The zero-order valence-electron chi connectivity index (χ0n) is 27.3. The Balaban J connectivity index is 1.57. The topological polar surface area (TPSA) is 115 Å². The number of aromatic nitrogens is 2. The van der Waals surface area contributed by atoms with Gasteiger partial charge in [-0.25, -0.2) is 4.98 Å². The number of hydrogen-bond donors (Lipinski definition) is 1. The predicted octanol–water partition coefficient (Wildman–Crippen LogP) is 6.46. The zero-order chi connectivity index (χ0) is 32.4. The molecule has 1 saturated heterocycles. The maximum atomic E-state index is 14.3. The van der Waals surface area contributed by atoms with E-state index in [9.17, 15) is 14.4 Å². The predicted molar refractivity (Wildman–Crippen MR) is 175 cm³/mol. The molecule has 11 heteroatoms. The Bertz CT molecular complexity index is 1460. The molecule has 0 saturated carbocycles. The Morgan fingerprint density at radius 3 is 2.45 bits per heavy atom. The van der Waals surface area contributed by atoms with Gasteiger partial charge in [-0.05, 0) is 49.0 Å².